The topological polar surface area (TPSA) is 63.3 Å². The van der Waals surface area contributed by atoms with Crippen molar-refractivity contribution in [2.24, 2.45) is 0 Å². The van der Waals surface area contributed by atoms with E-state index in [2.05, 4.69) is 25.6 Å². The number of rotatable bonds is 2. The van der Waals surface area contributed by atoms with E-state index in [9.17, 15) is 9.18 Å². The second-order valence-corrected chi connectivity index (χ2v) is 4.23. The van der Waals surface area contributed by atoms with Gasteiger partial charge < -0.3 is 9.63 Å². The van der Waals surface area contributed by atoms with E-state index in [0.717, 1.165) is 0 Å². The highest BCUT2D eigenvalue weighted by atomic mass is 79.9. The second-order valence-electron chi connectivity index (χ2n) is 3.44. The van der Waals surface area contributed by atoms with Crippen molar-refractivity contribution >= 4 is 21.9 Å². The van der Waals surface area contributed by atoms with Crippen LogP contribution in [0.1, 0.15) is 16.1 Å². The van der Waals surface area contributed by atoms with Gasteiger partial charge in [-0.05, 0) is 28.4 Å². The lowest BCUT2D eigenvalue weighted by Gasteiger charge is -2.03. The SMILES string of the molecule is Cc1ccc(-c2cc(C(=O)O)on2)c(Br)c1F. The van der Waals surface area contributed by atoms with Crippen LogP contribution in [-0.4, -0.2) is 16.2 Å². The summed E-state index contributed by atoms with van der Waals surface area (Å²) < 4.78 is 18.5. The first-order chi connectivity index (χ1) is 8.00. The van der Waals surface area contributed by atoms with Crippen molar-refractivity contribution in [1.82, 2.24) is 5.16 Å². The number of nitrogens with zero attached hydrogens (tertiary/aromatic N) is 1. The maximum Gasteiger partial charge on any atom is 0.374 e. The lowest BCUT2D eigenvalue weighted by Crippen LogP contribution is -1.92. The molecule has 4 nitrogen and oxygen atoms in total. The molecule has 1 aromatic heterocycles. The molecule has 1 aromatic carbocycles. The average molecular weight is 300 g/mol. The van der Waals surface area contributed by atoms with E-state index in [0.29, 0.717) is 11.1 Å². The summed E-state index contributed by atoms with van der Waals surface area (Å²) in [6, 6.07) is 4.48. The summed E-state index contributed by atoms with van der Waals surface area (Å²) in [5.41, 5.74) is 1.21. The maximum atomic E-state index is 13.6. The van der Waals surface area contributed by atoms with Gasteiger partial charge in [0, 0.05) is 11.6 Å². The van der Waals surface area contributed by atoms with E-state index < -0.39 is 11.8 Å². The molecule has 6 heteroatoms. The van der Waals surface area contributed by atoms with Crippen LogP contribution in [0.25, 0.3) is 11.3 Å². The number of carbonyl (C=O) groups is 1. The molecule has 0 bridgehead atoms. The van der Waals surface area contributed by atoms with Crippen molar-refractivity contribution < 1.29 is 18.8 Å². The van der Waals surface area contributed by atoms with Crippen molar-refractivity contribution in [1.29, 1.82) is 0 Å². The Balaban J connectivity index is 2.53. The van der Waals surface area contributed by atoms with E-state index in [-0.39, 0.29) is 15.9 Å². The van der Waals surface area contributed by atoms with Gasteiger partial charge >= 0.3 is 5.97 Å². The summed E-state index contributed by atoms with van der Waals surface area (Å²) in [5, 5.41) is 12.3. The number of benzene rings is 1. The van der Waals surface area contributed by atoms with Crippen LogP contribution in [0.5, 0.6) is 0 Å². The van der Waals surface area contributed by atoms with Gasteiger partial charge in [-0.3, -0.25) is 0 Å². The number of hydrogen-bond acceptors (Lipinski definition) is 3. The van der Waals surface area contributed by atoms with Gasteiger partial charge in [-0.15, -0.1) is 0 Å². The maximum absolute atomic E-state index is 13.6. The van der Waals surface area contributed by atoms with Crippen LogP contribution in [0.3, 0.4) is 0 Å². The lowest BCUT2D eigenvalue weighted by molar-refractivity contribution is 0.0652. The number of hydrogen-bond donors (Lipinski definition) is 1. The van der Waals surface area contributed by atoms with E-state index in [4.69, 9.17) is 5.11 Å². The monoisotopic (exact) mass is 299 g/mol. The van der Waals surface area contributed by atoms with Gasteiger partial charge in [0.1, 0.15) is 11.5 Å². The Labute approximate surface area is 104 Å². The molecule has 0 radical (unpaired) electrons. The summed E-state index contributed by atoms with van der Waals surface area (Å²) in [4.78, 5) is 10.6. The zero-order chi connectivity index (χ0) is 12.6. The van der Waals surface area contributed by atoms with Crippen molar-refractivity contribution in [3.63, 3.8) is 0 Å². The van der Waals surface area contributed by atoms with Gasteiger partial charge in [0.05, 0.1) is 4.47 Å². The summed E-state index contributed by atoms with van der Waals surface area (Å²) in [5.74, 6) is -1.90. The highest BCUT2D eigenvalue weighted by molar-refractivity contribution is 9.10. The molecule has 0 saturated heterocycles. The average Bonchev–Trinajstić information content (AvgIpc) is 2.75. The van der Waals surface area contributed by atoms with Crippen LogP contribution in [-0.2, 0) is 0 Å². The Kier molecular flexibility index (Phi) is 2.97. The van der Waals surface area contributed by atoms with Gasteiger partial charge in [-0.2, -0.15) is 0 Å². The number of aromatic nitrogens is 1. The number of halogens is 2. The summed E-state index contributed by atoms with van der Waals surface area (Å²) in [7, 11) is 0. The molecule has 0 atom stereocenters. The third-order valence-electron chi connectivity index (χ3n) is 2.27. The molecule has 88 valence electrons. The number of aryl methyl sites for hydroxylation is 1. The highest BCUT2D eigenvalue weighted by Gasteiger charge is 2.16. The minimum Gasteiger partial charge on any atom is -0.475 e. The van der Waals surface area contributed by atoms with E-state index in [1.807, 2.05) is 0 Å². The van der Waals surface area contributed by atoms with Crippen molar-refractivity contribution in [2.75, 3.05) is 0 Å². The molecule has 0 spiro atoms. The summed E-state index contributed by atoms with van der Waals surface area (Å²) >= 11 is 3.11. The molecule has 0 saturated carbocycles. The van der Waals surface area contributed by atoms with Crippen LogP contribution in [0, 0.1) is 12.7 Å². The number of carboxylic acids is 1. The van der Waals surface area contributed by atoms with Crippen molar-refractivity contribution in [2.45, 2.75) is 6.92 Å². The molecule has 0 aliphatic rings. The molecule has 1 heterocycles. The van der Waals surface area contributed by atoms with Crippen LogP contribution in [0.15, 0.2) is 27.2 Å². The predicted molar refractivity (Wildman–Crippen MR) is 61.3 cm³/mol. The molecule has 0 fully saturated rings. The normalized spacial score (nSPS) is 10.5. The van der Waals surface area contributed by atoms with Gasteiger partial charge in [0.2, 0.25) is 5.76 Å². The minimum atomic E-state index is -1.22. The molecule has 1 N–H and O–H groups in total. The lowest BCUT2D eigenvalue weighted by atomic mass is 10.1. The summed E-state index contributed by atoms with van der Waals surface area (Å²) in [6.45, 7) is 1.63. The van der Waals surface area contributed by atoms with E-state index >= 15 is 0 Å². The van der Waals surface area contributed by atoms with E-state index in [1.54, 1.807) is 19.1 Å². The van der Waals surface area contributed by atoms with E-state index in [1.165, 1.54) is 6.07 Å². The first kappa shape index (κ1) is 11.8. The van der Waals surface area contributed by atoms with Crippen LogP contribution in [0.2, 0.25) is 0 Å². The van der Waals surface area contributed by atoms with Gasteiger partial charge in [-0.25, -0.2) is 9.18 Å². The second kappa shape index (κ2) is 4.29. The fraction of sp³-hybridized carbons (Fsp3) is 0.0909. The summed E-state index contributed by atoms with van der Waals surface area (Å²) in [6.07, 6.45) is 0. The Hall–Kier alpha value is -1.69. The number of carboxylic acid groups (broad SMARTS) is 1. The zero-order valence-corrected chi connectivity index (χ0v) is 10.3. The Morgan fingerprint density at radius 2 is 2.24 bits per heavy atom. The van der Waals surface area contributed by atoms with Crippen LogP contribution in [0.4, 0.5) is 4.39 Å². The molecule has 17 heavy (non-hydrogen) atoms. The minimum absolute atomic E-state index is 0.239. The molecule has 2 aromatic rings. The van der Waals surface area contributed by atoms with Gasteiger partial charge in [-0.1, -0.05) is 17.3 Å². The van der Waals surface area contributed by atoms with Crippen LogP contribution < -0.4 is 0 Å². The Morgan fingerprint density at radius 3 is 2.82 bits per heavy atom. The molecule has 0 amide bonds. The fourth-order valence-corrected chi connectivity index (χ4v) is 1.99. The van der Waals surface area contributed by atoms with Crippen molar-refractivity contribution in [3.8, 4) is 11.3 Å². The van der Waals surface area contributed by atoms with Crippen LogP contribution >= 0.6 is 15.9 Å². The Morgan fingerprint density at radius 1 is 1.53 bits per heavy atom. The molecule has 0 unspecified atom stereocenters. The molecule has 2 rings (SSSR count). The molecule has 0 aliphatic heterocycles. The van der Waals surface area contributed by atoms with Gasteiger partial charge in [0.25, 0.3) is 0 Å². The smallest absolute Gasteiger partial charge is 0.374 e. The van der Waals surface area contributed by atoms with Crippen molar-refractivity contribution in [3.05, 3.63) is 39.8 Å². The third kappa shape index (κ3) is 2.08. The molecular weight excluding hydrogens is 293 g/mol. The molecular formula is C11H7BrFNO3. The largest absolute Gasteiger partial charge is 0.475 e. The highest BCUT2D eigenvalue weighted by Crippen LogP contribution is 2.31. The zero-order valence-electron chi connectivity index (χ0n) is 8.70. The fourth-order valence-electron chi connectivity index (χ4n) is 1.35. The van der Waals surface area contributed by atoms with Gasteiger partial charge in [0.15, 0.2) is 0 Å². The third-order valence-corrected chi connectivity index (χ3v) is 3.05. The quantitative estimate of drug-likeness (QED) is 0.924. The first-order valence-corrected chi connectivity index (χ1v) is 5.45. The number of aromatic carboxylic acids is 1. The predicted octanol–water partition coefficient (Wildman–Crippen LogP) is 3.25. The Bertz CT molecular complexity index is 594. The first-order valence-electron chi connectivity index (χ1n) is 4.65. The molecule has 0 aliphatic carbocycles. The standard InChI is InChI=1S/C11H7BrFNO3/c1-5-2-3-6(9(12)10(5)13)7-4-8(11(15)16)17-14-7/h2-4H,1H3,(H,15,16).